The maximum atomic E-state index is 12.0. The molecule has 1 aliphatic rings. The van der Waals surface area contributed by atoms with Crippen LogP contribution in [0, 0.1) is 0 Å². The highest BCUT2D eigenvalue weighted by Gasteiger charge is 2.18. The van der Waals surface area contributed by atoms with Crippen molar-refractivity contribution in [1.29, 1.82) is 0 Å². The van der Waals surface area contributed by atoms with Crippen molar-refractivity contribution in [3.05, 3.63) is 48.0 Å². The number of ether oxygens (including phenoxy) is 5. The molecule has 0 aromatic heterocycles. The lowest BCUT2D eigenvalue weighted by atomic mass is 10.1. The number of hydrogen-bond donors (Lipinski definition) is 1. The van der Waals surface area contributed by atoms with E-state index in [9.17, 15) is 9.59 Å². The molecule has 8 nitrogen and oxygen atoms in total. The Hall–Kier alpha value is -3.68. The first-order chi connectivity index (χ1) is 14.1. The fourth-order valence-corrected chi connectivity index (χ4v) is 2.67. The molecule has 2 aromatic carbocycles. The fraction of sp³-hybridized carbons (Fsp3) is 0.238. The normalized spacial score (nSPS) is 12.3. The van der Waals surface area contributed by atoms with Gasteiger partial charge in [-0.05, 0) is 35.9 Å². The van der Waals surface area contributed by atoms with Crippen molar-refractivity contribution in [2.24, 2.45) is 0 Å². The number of carbonyl (C=O) groups is 2. The fourth-order valence-electron chi connectivity index (χ4n) is 2.67. The largest absolute Gasteiger partial charge is 0.495 e. The van der Waals surface area contributed by atoms with Gasteiger partial charge >= 0.3 is 5.97 Å². The minimum Gasteiger partial charge on any atom is -0.495 e. The van der Waals surface area contributed by atoms with Gasteiger partial charge in [0, 0.05) is 6.08 Å². The summed E-state index contributed by atoms with van der Waals surface area (Å²) in [7, 11) is 3.03. The van der Waals surface area contributed by atoms with Gasteiger partial charge in [0.15, 0.2) is 18.1 Å². The number of carbonyl (C=O) groups excluding carboxylic acids is 2. The molecule has 0 unspecified atom stereocenters. The van der Waals surface area contributed by atoms with E-state index in [4.69, 9.17) is 23.7 Å². The Kier molecular flexibility index (Phi) is 6.57. The SMILES string of the molecule is COc1ccccc1NC(=O)COC(=O)/C=C/c1cc(OC)c2c(c1)OCCO2. The number of nitrogens with one attached hydrogen (secondary N) is 1. The van der Waals surface area contributed by atoms with Crippen LogP contribution in [0.15, 0.2) is 42.5 Å². The standard InChI is InChI=1S/C21H21NO7/c1-25-16-6-4-3-5-15(16)22-19(23)13-29-20(24)8-7-14-11-17(26-2)21-18(12-14)27-9-10-28-21/h3-8,11-12H,9-10,13H2,1-2H3,(H,22,23)/b8-7+. The summed E-state index contributed by atoms with van der Waals surface area (Å²) in [6.45, 7) is 0.458. The number of methoxy groups -OCH3 is 2. The van der Waals surface area contributed by atoms with Crippen LogP contribution in [0.25, 0.3) is 6.08 Å². The number of fused-ring (bicyclic) bond motifs is 1. The second-order valence-electron chi connectivity index (χ2n) is 5.94. The molecule has 0 bridgehead atoms. The van der Waals surface area contributed by atoms with Gasteiger partial charge in [-0.2, -0.15) is 0 Å². The zero-order valence-corrected chi connectivity index (χ0v) is 16.1. The molecule has 0 atom stereocenters. The first-order valence-electron chi connectivity index (χ1n) is 8.86. The van der Waals surface area contributed by atoms with Gasteiger partial charge in [0.25, 0.3) is 5.91 Å². The molecule has 1 heterocycles. The zero-order chi connectivity index (χ0) is 20.6. The molecule has 29 heavy (non-hydrogen) atoms. The van der Waals surface area contributed by atoms with Crippen LogP contribution in [0.5, 0.6) is 23.0 Å². The van der Waals surface area contributed by atoms with Crippen LogP contribution in [0.2, 0.25) is 0 Å². The van der Waals surface area contributed by atoms with Crippen LogP contribution in [-0.4, -0.2) is 45.9 Å². The van der Waals surface area contributed by atoms with Gasteiger partial charge in [0.2, 0.25) is 5.75 Å². The lowest BCUT2D eigenvalue weighted by Gasteiger charge is -2.20. The van der Waals surface area contributed by atoms with Gasteiger partial charge in [-0.1, -0.05) is 12.1 Å². The third kappa shape index (κ3) is 5.19. The van der Waals surface area contributed by atoms with E-state index in [-0.39, 0.29) is 0 Å². The molecule has 0 saturated heterocycles. The van der Waals surface area contributed by atoms with Crippen LogP contribution in [-0.2, 0) is 14.3 Å². The van der Waals surface area contributed by atoms with Crippen molar-refractivity contribution in [2.75, 3.05) is 39.4 Å². The van der Waals surface area contributed by atoms with Gasteiger partial charge in [-0.25, -0.2) is 4.79 Å². The van der Waals surface area contributed by atoms with Crippen LogP contribution in [0.4, 0.5) is 5.69 Å². The molecular formula is C21H21NO7. The van der Waals surface area contributed by atoms with Crippen LogP contribution in [0.3, 0.4) is 0 Å². The van der Waals surface area contributed by atoms with E-state index in [1.165, 1.54) is 20.3 Å². The minimum absolute atomic E-state index is 0.425. The molecule has 2 aromatic rings. The lowest BCUT2D eigenvalue weighted by Crippen LogP contribution is -2.20. The lowest BCUT2D eigenvalue weighted by molar-refractivity contribution is -0.142. The topological polar surface area (TPSA) is 92.3 Å². The van der Waals surface area contributed by atoms with Crippen molar-refractivity contribution < 1.29 is 33.3 Å². The van der Waals surface area contributed by atoms with E-state index in [0.29, 0.717) is 47.5 Å². The highest BCUT2D eigenvalue weighted by atomic mass is 16.6. The second-order valence-corrected chi connectivity index (χ2v) is 5.94. The molecule has 3 rings (SSSR count). The Bertz CT molecular complexity index is 906. The Balaban J connectivity index is 1.56. The monoisotopic (exact) mass is 399 g/mol. The first kappa shape index (κ1) is 20.1. The summed E-state index contributed by atoms with van der Waals surface area (Å²) in [5.41, 5.74) is 1.16. The molecular weight excluding hydrogens is 378 g/mol. The van der Waals surface area contributed by atoms with E-state index >= 15 is 0 Å². The highest BCUT2D eigenvalue weighted by Crippen LogP contribution is 2.40. The van der Waals surface area contributed by atoms with Gasteiger partial charge in [0.1, 0.15) is 19.0 Å². The summed E-state index contributed by atoms with van der Waals surface area (Å²) in [4.78, 5) is 23.9. The zero-order valence-electron chi connectivity index (χ0n) is 16.1. The quantitative estimate of drug-likeness (QED) is 0.565. The molecule has 0 spiro atoms. The predicted octanol–water partition coefficient (Wildman–Crippen LogP) is 2.67. The molecule has 152 valence electrons. The summed E-state index contributed by atoms with van der Waals surface area (Å²) < 4.78 is 26.5. The number of esters is 1. The van der Waals surface area contributed by atoms with Crippen molar-refractivity contribution in [3.8, 4) is 23.0 Å². The van der Waals surface area contributed by atoms with E-state index in [1.54, 1.807) is 42.5 Å². The van der Waals surface area contributed by atoms with Gasteiger partial charge in [0.05, 0.1) is 19.9 Å². The number of benzene rings is 2. The molecule has 0 fully saturated rings. The summed E-state index contributed by atoms with van der Waals surface area (Å²) in [5, 5.41) is 2.63. The summed E-state index contributed by atoms with van der Waals surface area (Å²) in [5.74, 6) is 0.962. The van der Waals surface area contributed by atoms with E-state index in [0.717, 1.165) is 0 Å². The number of rotatable bonds is 7. The maximum absolute atomic E-state index is 12.0. The smallest absolute Gasteiger partial charge is 0.331 e. The molecule has 8 heteroatoms. The van der Waals surface area contributed by atoms with Gasteiger partial charge in [-0.15, -0.1) is 0 Å². The Morgan fingerprint density at radius 2 is 1.83 bits per heavy atom. The summed E-state index contributed by atoms with van der Waals surface area (Å²) in [6, 6.07) is 10.4. The van der Waals surface area contributed by atoms with E-state index in [2.05, 4.69) is 5.32 Å². The summed E-state index contributed by atoms with van der Waals surface area (Å²) in [6.07, 6.45) is 2.77. The molecule has 0 aliphatic carbocycles. The van der Waals surface area contributed by atoms with Gasteiger partial charge < -0.3 is 29.0 Å². The molecule has 1 amide bonds. The molecule has 0 saturated carbocycles. The third-order valence-electron chi connectivity index (χ3n) is 3.99. The number of para-hydroxylation sites is 2. The van der Waals surface area contributed by atoms with Crippen LogP contribution < -0.4 is 24.3 Å². The summed E-state index contributed by atoms with van der Waals surface area (Å²) >= 11 is 0. The van der Waals surface area contributed by atoms with Crippen LogP contribution >= 0.6 is 0 Å². The maximum Gasteiger partial charge on any atom is 0.331 e. The minimum atomic E-state index is -0.658. The van der Waals surface area contributed by atoms with Crippen LogP contribution in [0.1, 0.15) is 5.56 Å². The third-order valence-corrected chi connectivity index (χ3v) is 3.99. The Labute approximate surface area is 168 Å². The second kappa shape index (κ2) is 9.50. The average molecular weight is 399 g/mol. The van der Waals surface area contributed by atoms with E-state index in [1.807, 2.05) is 0 Å². The van der Waals surface area contributed by atoms with Crippen molar-refractivity contribution in [1.82, 2.24) is 0 Å². The molecule has 0 radical (unpaired) electrons. The van der Waals surface area contributed by atoms with Crippen molar-refractivity contribution >= 4 is 23.6 Å². The van der Waals surface area contributed by atoms with E-state index < -0.39 is 18.5 Å². The number of anilines is 1. The first-order valence-corrected chi connectivity index (χ1v) is 8.86. The number of hydrogen-bond acceptors (Lipinski definition) is 7. The highest BCUT2D eigenvalue weighted by molar-refractivity contribution is 5.95. The Morgan fingerprint density at radius 1 is 1.07 bits per heavy atom. The van der Waals surface area contributed by atoms with Gasteiger partial charge in [-0.3, -0.25) is 4.79 Å². The molecule has 1 aliphatic heterocycles. The molecule has 1 N–H and O–H groups in total. The predicted molar refractivity (Wildman–Crippen MR) is 106 cm³/mol. The van der Waals surface area contributed by atoms with Crippen molar-refractivity contribution in [2.45, 2.75) is 0 Å². The number of amides is 1. The Morgan fingerprint density at radius 3 is 2.62 bits per heavy atom. The average Bonchev–Trinajstić information content (AvgIpc) is 2.76. The van der Waals surface area contributed by atoms with Crippen molar-refractivity contribution in [3.63, 3.8) is 0 Å².